The lowest BCUT2D eigenvalue weighted by molar-refractivity contribution is -0.173. The molecule has 2 N–H and O–H groups in total. The highest BCUT2D eigenvalue weighted by Gasteiger charge is 2.46. The van der Waals surface area contributed by atoms with Gasteiger partial charge in [-0.3, -0.25) is 4.79 Å². The van der Waals surface area contributed by atoms with Crippen molar-refractivity contribution < 1.29 is 22.7 Å². The lowest BCUT2D eigenvalue weighted by Crippen LogP contribution is -2.35. The number of rotatable bonds is 4. The van der Waals surface area contributed by atoms with Gasteiger partial charge in [0.15, 0.2) is 11.7 Å². The molecule has 31 heavy (non-hydrogen) atoms. The van der Waals surface area contributed by atoms with E-state index in [1.54, 1.807) is 36.4 Å². The van der Waals surface area contributed by atoms with Crippen molar-refractivity contribution in [1.29, 1.82) is 0 Å². The number of aromatic nitrogens is 2. The SMILES string of the molecule is COc1ccc([C@H]2C[C@@H](C(F)(F)F)n3nc(C(=O)Nc4ccc(C)cc4)cc3N2)cc1. The van der Waals surface area contributed by atoms with Crippen LogP contribution >= 0.6 is 0 Å². The van der Waals surface area contributed by atoms with Gasteiger partial charge >= 0.3 is 6.18 Å². The van der Waals surface area contributed by atoms with Gasteiger partial charge in [-0.25, -0.2) is 4.68 Å². The number of ether oxygens (including phenoxy) is 1. The number of carbonyl (C=O) groups is 1. The quantitative estimate of drug-likeness (QED) is 0.603. The molecule has 0 radical (unpaired) electrons. The Kier molecular flexibility index (Phi) is 5.34. The number of halogens is 3. The van der Waals surface area contributed by atoms with Crippen LogP contribution in [-0.4, -0.2) is 29.0 Å². The summed E-state index contributed by atoms with van der Waals surface area (Å²) in [5.74, 6) is 0.185. The van der Waals surface area contributed by atoms with Crippen LogP contribution in [0.25, 0.3) is 0 Å². The second kappa shape index (κ2) is 7.98. The van der Waals surface area contributed by atoms with E-state index < -0.39 is 24.2 Å². The molecule has 0 bridgehead atoms. The molecule has 9 heteroatoms. The molecular weight excluding hydrogens is 409 g/mol. The number of anilines is 2. The molecule has 0 saturated carbocycles. The van der Waals surface area contributed by atoms with Gasteiger partial charge in [-0.2, -0.15) is 18.3 Å². The molecule has 6 nitrogen and oxygen atoms in total. The average molecular weight is 430 g/mol. The van der Waals surface area contributed by atoms with Crippen molar-refractivity contribution in [1.82, 2.24) is 9.78 Å². The summed E-state index contributed by atoms with van der Waals surface area (Å²) < 4.78 is 47.4. The maximum atomic E-state index is 13.8. The number of hydrogen-bond acceptors (Lipinski definition) is 4. The van der Waals surface area contributed by atoms with E-state index in [1.165, 1.54) is 13.2 Å². The van der Waals surface area contributed by atoms with Gasteiger partial charge in [-0.15, -0.1) is 0 Å². The van der Waals surface area contributed by atoms with Crippen LogP contribution in [-0.2, 0) is 0 Å². The van der Waals surface area contributed by atoms with Gasteiger partial charge in [0, 0.05) is 18.2 Å². The Morgan fingerprint density at radius 1 is 1.16 bits per heavy atom. The first-order valence-corrected chi connectivity index (χ1v) is 9.69. The van der Waals surface area contributed by atoms with Gasteiger partial charge in [-0.05, 0) is 36.8 Å². The number of benzene rings is 2. The summed E-state index contributed by atoms with van der Waals surface area (Å²) in [6.07, 6.45) is -4.76. The lowest BCUT2D eigenvalue weighted by Gasteiger charge is -2.33. The van der Waals surface area contributed by atoms with Crippen LogP contribution in [0.5, 0.6) is 5.75 Å². The first-order chi connectivity index (χ1) is 14.7. The fourth-order valence-electron chi connectivity index (χ4n) is 3.57. The van der Waals surface area contributed by atoms with Gasteiger partial charge < -0.3 is 15.4 Å². The molecule has 2 atom stereocenters. The van der Waals surface area contributed by atoms with E-state index in [0.717, 1.165) is 10.2 Å². The maximum absolute atomic E-state index is 13.8. The number of carbonyl (C=O) groups excluding carboxylic acids is 1. The highest BCUT2D eigenvalue weighted by atomic mass is 19.4. The minimum Gasteiger partial charge on any atom is -0.497 e. The normalized spacial score (nSPS) is 18.1. The third kappa shape index (κ3) is 4.35. The third-order valence-electron chi connectivity index (χ3n) is 5.25. The van der Waals surface area contributed by atoms with Crippen LogP contribution in [0.15, 0.2) is 54.6 Å². The van der Waals surface area contributed by atoms with Gasteiger partial charge in [0.2, 0.25) is 0 Å². The monoisotopic (exact) mass is 430 g/mol. The zero-order chi connectivity index (χ0) is 22.2. The summed E-state index contributed by atoms with van der Waals surface area (Å²) in [5, 5.41) is 9.72. The van der Waals surface area contributed by atoms with E-state index >= 15 is 0 Å². The molecular formula is C22H21F3N4O2. The number of amides is 1. The predicted molar refractivity (Wildman–Crippen MR) is 110 cm³/mol. The molecule has 0 saturated heterocycles. The minimum atomic E-state index is -4.52. The molecule has 0 unspecified atom stereocenters. The summed E-state index contributed by atoms with van der Waals surface area (Å²) in [6.45, 7) is 1.91. The van der Waals surface area contributed by atoms with Crippen molar-refractivity contribution in [3.63, 3.8) is 0 Å². The van der Waals surface area contributed by atoms with Gasteiger partial charge in [0.1, 0.15) is 11.6 Å². The first kappa shape index (κ1) is 20.8. The number of fused-ring (bicyclic) bond motifs is 1. The van der Waals surface area contributed by atoms with E-state index in [4.69, 9.17) is 4.74 Å². The van der Waals surface area contributed by atoms with Crippen LogP contribution in [0.1, 0.15) is 40.1 Å². The summed E-state index contributed by atoms with van der Waals surface area (Å²) in [7, 11) is 1.52. The van der Waals surface area contributed by atoms with E-state index in [0.29, 0.717) is 17.0 Å². The fourth-order valence-corrected chi connectivity index (χ4v) is 3.57. The Hall–Kier alpha value is -3.49. The molecule has 1 aliphatic rings. The standard InChI is InChI=1S/C22H21F3N4O2/c1-13-3-7-15(8-4-13)26-21(30)18-12-20-27-17(14-5-9-16(31-2)10-6-14)11-19(22(23,24)25)29(20)28-18/h3-10,12,17,19,27H,11H2,1-2H3,(H,26,30)/t17-,19+/m1/s1. The lowest BCUT2D eigenvalue weighted by atomic mass is 9.97. The van der Waals surface area contributed by atoms with Crippen molar-refractivity contribution in [3.05, 3.63) is 71.4 Å². The summed E-state index contributed by atoms with van der Waals surface area (Å²) >= 11 is 0. The van der Waals surface area contributed by atoms with Gasteiger partial charge in [0.05, 0.1) is 13.2 Å². The number of nitrogens with zero attached hydrogens (tertiary/aromatic N) is 2. The highest BCUT2D eigenvalue weighted by Crippen LogP contribution is 2.43. The number of nitrogens with one attached hydrogen (secondary N) is 2. The Balaban J connectivity index is 1.62. The first-order valence-electron chi connectivity index (χ1n) is 9.69. The Labute approximate surface area is 177 Å². The van der Waals surface area contributed by atoms with Crippen molar-refractivity contribution in [3.8, 4) is 5.75 Å². The van der Waals surface area contributed by atoms with Crippen molar-refractivity contribution in [2.45, 2.75) is 31.6 Å². The zero-order valence-corrected chi connectivity index (χ0v) is 16.9. The summed E-state index contributed by atoms with van der Waals surface area (Å²) in [5.41, 5.74) is 2.16. The van der Waals surface area contributed by atoms with Crippen molar-refractivity contribution in [2.75, 3.05) is 17.7 Å². The van der Waals surface area contributed by atoms with Crippen LogP contribution in [0.4, 0.5) is 24.7 Å². The summed E-state index contributed by atoms with van der Waals surface area (Å²) in [4.78, 5) is 12.6. The van der Waals surface area contributed by atoms with E-state index in [-0.39, 0.29) is 17.9 Å². The molecule has 3 aromatic rings. The second-order valence-electron chi connectivity index (χ2n) is 7.44. The Bertz CT molecular complexity index is 1080. The number of alkyl halides is 3. The molecule has 2 heterocycles. The van der Waals surface area contributed by atoms with E-state index in [1.807, 2.05) is 19.1 Å². The van der Waals surface area contributed by atoms with Crippen LogP contribution in [0.2, 0.25) is 0 Å². The molecule has 0 fully saturated rings. The highest BCUT2D eigenvalue weighted by molar-refractivity contribution is 6.03. The van der Waals surface area contributed by atoms with Crippen molar-refractivity contribution in [2.24, 2.45) is 0 Å². The second-order valence-corrected chi connectivity index (χ2v) is 7.44. The summed E-state index contributed by atoms with van der Waals surface area (Å²) in [6, 6.07) is 12.9. The van der Waals surface area contributed by atoms with E-state index in [2.05, 4.69) is 15.7 Å². The maximum Gasteiger partial charge on any atom is 0.410 e. The molecule has 1 aromatic heterocycles. The molecule has 0 spiro atoms. The molecule has 1 aliphatic heterocycles. The fraction of sp³-hybridized carbons (Fsp3) is 0.273. The van der Waals surface area contributed by atoms with Crippen molar-refractivity contribution >= 4 is 17.4 Å². The molecule has 2 aromatic carbocycles. The van der Waals surface area contributed by atoms with Crippen LogP contribution in [0, 0.1) is 6.92 Å². The molecule has 4 rings (SSSR count). The Morgan fingerprint density at radius 2 is 1.84 bits per heavy atom. The number of hydrogen-bond donors (Lipinski definition) is 2. The number of methoxy groups -OCH3 is 1. The number of aryl methyl sites for hydroxylation is 1. The topological polar surface area (TPSA) is 68.2 Å². The van der Waals surface area contributed by atoms with Gasteiger partial charge in [0.25, 0.3) is 5.91 Å². The zero-order valence-electron chi connectivity index (χ0n) is 16.9. The van der Waals surface area contributed by atoms with E-state index in [9.17, 15) is 18.0 Å². The van der Waals surface area contributed by atoms with Crippen LogP contribution < -0.4 is 15.4 Å². The largest absolute Gasteiger partial charge is 0.497 e. The Morgan fingerprint density at radius 3 is 2.45 bits per heavy atom. The minimum absolute atomic E-state index is 0.0901. The van der Waals surface area contributed by atoms with Crippen LogP contribution in [0.3, 0.4) is 0 Å². The average Bonchev–Trinajstić information content (AvgIpc) is 3.18. The molecule has 162 valence electrons. The molecule has 1 amide bonds. The smallest absolute Gasteiger partial charge is 0.410 e. The van der Waals surface area contributed by atoms with Gasteiger partial charge in [-0.1, -0.05) is 29.8 Å². The molecule has 0 aliphatic carbocycles. The predicted octanol–water partition coefficient (Wildman–Crippen LogP) is 5.11. The third-order valence-corrected chi connectivity index (χ3v) is 5.25.